The minimum Gasteiger partial charge on any atom is -0.359 e. The molecule has 0 bridgehead atoms. The van der Waals surface area contributed by atoms with E-state index in [0.29, 0.717) is 0 Å². The second kappa shape index (κ2) is 4.61. The maximum Gasteiger partial charge on any atom is 0.329 e. The lowest BCUT2D eigenvalue weighted by atomic mass is 10.0. The zero-order valence-corrected chi connectivity index (χ0v) is 10.1. The van der Waals surface area contributed by atoms with Gasteiger partial charge in [-0.15, -0.1) is 0 Å². The molecular formula is C9H13ClN4O2. The Morgan fingerprint density at radius 1 is 1.62 bits per heavy atom. The van der Waals surface area contributed by atoms with Gasteiger partial charge in [-0.05, 0) is 31.9 Å². The molecule has 6 nitrogen and oxygen atoms in total. The van der Waals surface area contributed by atoms with Crippen LogP contribution < -0.4 is 5.32 Å². The lowest BCUT2D eigenvalue weighted by Crippen LogP contribution is -2.30. The lowest BCUT2D eigenvalue weighted by Gasteiger charge is -2.24. The molecule has 0 radical (unpaired) electrons. The summed E-state index contributed by atoms with van der Waals surface area (Å²) >= 11 is 5.61. The van der Waals surface area contributed by atoms with E-state index in [1.807, 2.05) is 20.8 Å². The molecule has 1 N–H and O–H groups in total. The van der Waals surface area contributed by atoms with Crippen molar-refractivity contribution in [1.82, 2.24) is 9.97 Å². The van der Waals surface area contributed by atoms with Gasteiger partial charge in [0.05, 0.1) is 4.92 Å². The predicted octanol–water partition coefficient (Wildman–Crippen LogP) is 2.64. The van der Waals surface area contributed by atoms with Gasteiger partial charge in [0.1, 0.15) is 6.20 Å². The van der Waals surface area contributed by atoms with Gasteiger partial charge in [-0.2, -0.15) is 4.98 Å². The maximum atomic E-state index is 10.7. The minimum atomic E-state index is -0.537. The molecule has 0 spiro atoms. The topological polar surface area (TPSA) is 81.0 Å². The summed E-state index contributed by atoms with van der Waals surface area (Å²) in [4.78, 5) is 17.6. The molecule has 1 heterocycles. The fourth-order valence-electron chi connectivity index (χ4n) is 0.988. The van der Waals surface area contributed by atoms with Crippen molar-refractivity contribution in [2.24, 2.45) is 0 Å². The molecule has 0 saturated carbocycles. The molecule has 0 atom stereocenters. The molecule has 0 fully saturated rings. The Morgan fingerprint density at radius 2 is 2.25 bits per heavy atom. The third-order valence-electron chi connectivity index (χ3n) is 2.28. The largest absolute Gasteiger partial charge is 0.359 e. The molecule has 0 unspecified atom stereocenters. The summed E-state index contributed by atoms with van der Waals surface area (Å²) in [6, 6.07) is 0. The number of halogens is 1. The third kappa shape index (κ3) is 3.03. The summed E-state index contributed by atoms with van der Waals surface area (Å²) in [7, 11) is 0. The minimum absolute atomic E-state index is 0.0139. The van der Waals surface area contributed by atoms with Crippen molar-refractivity contribution < 1.29 is 4.92 Å². The van der Waals surface area contributed by atoms with Gasteiger partial charge < -0.3 is 5.32 Å². The Kier molecular flexibility index (Phi) is 3.64. The molecule has 0 saturated heterocycles. The van der Waals surface area contributed by atoms with Gasteiger partial charge in [0.2, 0.25) is 11.1 Å². The number of hydrogen-bond acceptors (Lipinski definition) is 5. The monoisotopic (exact) mass is 244 g/mol. The molecule has 0 amide bonds. The molecule has 16 heavy (non-hydrogen) atoms. The molecular weight excluding hydrogens is 232 g/mol. The highest BCUT2D eigenvalue weighted by Crippen LogP contribution is 2.26. The average Bonchev–Trinajstić information content (AvgIpc) is 2.16. The van der Waals surface area contributed by atoms with Gasteiger partial charge >= 0.3 is 5.69 Å². The Hall–Kier alpha value is -1.43. The first-order valence-electron chi connectivity index (χ1n) is 4.81. The van der Waals surface area contributed by atoms with Crippen LogP contribution in [0.5, 0.6) is 0 Å². The van der Waals surface area contributed by atoms with E-state index in [-0.39, 0.29) is 22.3 Å². The van der Waals surface area contributed by atoms with Crippen LogP contribution in [0.2, 0.25) is 5.28 Å². The quantitative estimate of drug-likeness (QED) is 0.500. The Bertz CT molecular complexity index is 408. The van der Waals surface area contributed by atoms with Gasteiger partial charge in [0.15, 0.2) is 0 Å². The Labute approximate surface area is 98.2 Å². The van der Waals surface area contributed by atoms with E-state index in [4.69, 9.17) is 11.6 Å². The normalized spacial score (nSPS) is 11.2. The van der Waals surface area contributed by atoms with Crippen LogP contribution in [0.3, 0.4) is 0 Å². The molecule has 1 rings (SSSR count). The molecule has 88 valence electrons. The molecule has 0 aliphatic heterocycles. The van der Waals surface area contributed by atoms with Crippen LogP contribution in [0.15, 0.2) is 6.20 Å². The van der Waals surface area contributed by atoms with Gasteiger partial charge in [-0.3, -0.25) is 10.1 Å². The summed E-state index contributed by atoms with van der Waals surface area (Å²) in [5.74, 6) is 0.150. The summed E-state index contributed by atoms with van der Waals surface area (Å²) < 4.78 is 0. The van der Waals surface area contributed by atoms with Gasteiger partial charge in [0, 0.05) is 5.54 Å². The highest BCUT2D eigenvalue weighted by atomic mass is 35.5. The predicted molar refractivity (Wildman–Crippen MR) is 61.7 cm³/mol. The van der Waals surface area contributed by atoms with Gasteiger partial charge in [-0.1, -0.05) is 6.92 Å². The standard InChI is InChI=1S/C9H13ClN4O2/c1-4-9(2,3)13-7-6(14(15)16)5-11-8(10)12-7/h5H,4H2,1-3H3,(H,11,12,13). The van der Waals surface area contributed by atoms with E-state index in [0.717, 1.165) is 12.6 Å². The second-order valence-electron chi connectivity index (χ2n) is 3.99. The van der Waals surface area contributed by atoms with E-state index in [1.165, 1.54) is 0 Å². The highest BCUT2D eigenvalue weighted by Gasteiger charge is 2.23. The van der Waals surface area contributed by atoms with Crippen LogP contribution in [-0.2, 0) is 0 Å². The number of nitrogens with zero attached hydrogens (tertiary/aromatic N) is 3. The SMILES string of the molecule is CCC(C)(C)Nc1nc(Cl)ncc1[N+](=O)[O-]. The molecule has 1 aromatic rings. The summed E-state index contributed by atoms with van der Waals surface area (Å²) in [5.41, 5.74) is -0.464. The van der Waals surface area contributed by atoms with Crippen molar-refractivity contribution in [3.05, 3.63) is 21.6 Å². The number of nitro groups is 1. The Morgan fingerprint density at radius 3 is 2.75 bits per heavy atom. The average molecular weight is 245 g/mol. The summed E-state index contributed by atoms with van der Waals surface area (Å²) in [6.45, 7) is 5.82. The number of anilines is 1. The number of hydrogen-bond donors (Lipinski definition) is 1. The fraction of sp³-hybridized carbons (Fsp3) is 0.556. The van der Waals surface area contributed by atoms with Crippen molar-refractivity contribution in [3.8, 4) is 0 Å². The Balaban J connectivity index is 3.10. The smallest absolute Gasteiger partial charge is 0.329 e. The van der Waals surface area contributed by atoms with Crippen LogP contribution >= 0.6 is 11.6 Å². The van der Waals surface area contributed by atoms with Crippen molar-refractivity contribution in [1.29, 1.82) is 0 Å². The lowest BCUT2D eigenvalue weighted by molar-refractivity contribution is -0.384. The molecule has 0 aliphatic carbocycles. The van der Waals surface area contributed by atoms with Gasteiger partial charge in [-0.25, -0.2) is 4.98 Å². The van der Waals surface area contributed by atoms with E-state index < -0.39 is 4.92 Å². The van der Waals surface area contributed by atoms with E-state index >= 15 is 0 Å². The first kappa shape index (κ1) is 12.6. The number of aromatic nitrogens is 2. The molecule has 0 aromatic carbocycles. The summed E-state index contributed by atoms with van der Waals surface area (Å²) in [5, 5.41) is 13.7. The van der Waals surface area contributed by atoms with E-state index in [2.05, 4.69) is 15.3 Å². The van der Waals surface area contributed by atoms with Crippen molar-refractivity contribution in [2.75, 3.05) is 5.32 Å². The summed E-state index contributed by atoms with van der Waals surface area (Å²) in [6.07, 6.45) is 1.90. The van der Waals surface area contributed by atoms with Crippen LogP contribution in [0.1, 0.15) is 27.2 Å². The van der Waals surface area contributed by atoms with Crippen LogP contribution in [0.25, 0.3) is 0 Å². The molecule has 0 aliphatic rings. The first-order valence-corrected chi connectivity index (χ1v) is 5.18. The highest BCUT2D eigenvalue weighted by molar-refractivity contribution is 6.28. The zero-order valence-electron chi connectivity index (χ0n) is 9.32. The van der Waals surface area contributed by atoms with Crippen molar-refractivity contribution >= 4 is 23.1 Å². The first-order chi connectivity index (χ1) is 7.35. The number of rotatable bonds is 4. The van der Waals surface area contributed by atoms with E-state index in [1.54, 1.807) is 0 Å². The number of nitrogens with one attached hydrogen (secondary N) is 1. The fourth-order valence-corrected chi connectivity index (χ4v) is 1.12. The maximum absolute atomic E-state index is 10.7. The van der Waals surface area contributed by atoms with Crippen molar-refractivity contribution in [3.63, 3.8) is 0 Å². The second-order valence-corrected chi connectivity index (χ2v) is 4.33. The van der Waals surface area contributed by atoms with Gasteiger partial charge in [0.25, 0.3) is 0 Å². The van der Waals surface area contributed by atoms with E-state index in [9.17, 15) is 10.1 Å². The molecule has 7 heteroatoms. The zero-order chi connectivity index (χ0) is 12.3. The van der Waals surface area contributed by atoms with Crippen molar-refractivity contribution in [2.45, 2.75) is 32.7 Å². The van der Waals surface area contributed by atoms with Crippen LogP contribution in [-0.4, -0.2) is 20.4 Å². The molecule has 1 aromatic heterocycles. The van der Waals surface area contributed by atoms with Crippen LogP contribution in [0, 0.1) is 10.1 Å². The van der Waals surface area contributed by atoms with Crippen LogP contribution in [0.4, 0.5) is 11.5 Å². The third-order valence-corrected chi connectivity index (χ3v) is 2.46.